The molecule has 1 aliphatic heterocycles. The summed E-state index contributed by atoms with van der Waals surface area (Å²) in [7, 11) is 0. The van der Waals surface area contributed by atoms with E-state index in [0.717, 1.165) is 0 Å². The summed E-state index contributed by atoms with van der Waals surface area (Å²) in [4.78, 5) is 37.8. The second-order valence-electron chi connectivity index (χ2n) is 5.89. The summed E-state index contributed by atoms with van der Waals surface area (Å²) < 4.78 is 10.6. The molecule has 7 nitrogen and oxygen atoms in total. The molecule has 1 aromatic rings. The van der Waals surface area contributed by atoms with E-state index in [9.17, 15) is 14.4 Å². The summed E-state index contributed by atoms with van der Waals surface area (Å²) in [6.07, 6.45) is 0.611. The molecule has 132 valence electrons. The molecule has 3 atom stereocenters. The van der Waals surface area contributed by atoms with Crippen LogP contribution < -0.4 is 5.32 Å². The van der Waals surface area contributed by atoms with Crippen molar-refractivity contribution in [2.24, 2.45) is 0 Å². The number of furan rings is 1. The summed E-state index contributed by atoms with van der Waals surface area (Å²) in [6, 6.07) is 2.72. The van der Waals surface area contributed by atoms with Crippen molar-refractivity contribution < 1.29 is 23.5 Å². The molecule has 0 bridgehead atoms. The highest BCUT2D eigenvalue weighted by atomic mass is 32.2. The van der Waals surface area contributed by atoms with Gasteiger partial charge >= 0.3 is 5.97 Å². The summed E-state index contributed by atoms with van der Waals surface area (Å²) in [6.45, 7) is 6.56. The second kappa shape index (κ2) is 7.74. The van der Waals surface area contributed by atoms with Crippen molar-refractivity contribution in [2.45, 2.75) is 51.3 Å². The molecular formula is C16H22N2O5S. The Morgan fingerprint density at radius 3 is 2.62 bits per heavy atom. The first-order valence-corrected chi connectivity index (χ1v) is 8.81. The zero-order chi connectivity index (χ0) is 17.9. The number of hydrogen-bond acceptors (Lipinski definition) is 6. The standard InChI is InChI=1S/C16H22N2O5S/c1-9(2)17-14(20)10(3)23-16(21)12-8-24-15(18(12)11(4)19)13-6-5-7-22-13/h5-7,9-10,12,15H,8H2,1-4H3,(H,17,20)/t10-,12-,15+/m0/s1. The fourth-order valence-corrected chi connectivity index (χ4v) is 3.85. The highest BCUT2D eigenvalue weighted by molar-refractivity contribution is 7.99. The topological polar surface area (TPSA) is 88.8 Å². The van der Waals surface area contributed by atoms with Gasteiger partial charge < -0.3 is 19.4 Å². The Bertz CT molecular complexity index is 602. The van der Waals surface area contributed by atoms with Crippen LogP contribution in [0.15, 0.2) is 22.8 Å². The van der Waals surface area contributed by atoms with Crippen LogP contribution in [0.4, 0.5) is 0 Å². The predicted molar refractivity (Wildman–Crippen MR) is 89.0 cm³/mol. The molecule has 1 saturated heterocycles. The predicted octanol–water partition coefficient (Wildman–Crippen LogP) is 1.70. The molecule has 0 spiro atoms. The van der Waals surface area contributed by atoms with Gasteiger partial charge in [0.25, 0.3) is 5.91 Å². The highest BCUT2D eigenvalue weighted by Crippen LogP contribution is 2.41. The lowest BCUT2D eigenvalue weighted by Crippen LogP contribution is -2.46. The Hall–Kier alpha value is -1.96. The molecule has 2 amide bonds. The Kier molecular flexibility index (Phi) is 5.93. The van der Waals surface area contributed by atoms with Gasteiger partial charge in [-0.05, 0) is 32.9 Å². The van der Waals surface area contributed by atoms with Crippen molar-refractivity contribution in [3.8, 4) is 0 Å². The minimum Gasteiger partial charge on any atom is -0.466 e. The van der Waals surface area contributed by atoms with E-state index in [1.807, 2.05) is 13.8 Å². The summed E-state index contributed by atoms with van der Waals surface area (Å²) in [5.41, 5.74) is 0. The average Bonchev–Trinajstić information content (AvgIpc) is 3.15. The minimum absolute atomic E-state index is 0.0438. The molecule has 2 rings (SSSR count). The molecule has 0 radical (unpaired) electrons. The van der Waals surface area contributed by atoms with E-state index in [0.29, 0.717) is 11.5 Å². The Labute approximate surface area is 145 Å². The molecule has 0 unspecified atom stereocenters. The van der Waals surface area contributed by atoms with E-state index >= 15 is 0 Å². The van der Waals surface area contributed by atoms with Crippen molar-refractivity contribution in [3.63, 3.8) is 0 Å². The number of rotatable bonds is 5. The molecule has 1 fully saturated rings. The molecule has 0 aliphatic carbocycles. The molecular weight excluding hydrogens is 332 g/mol. The molecule has 24 heavy (non-hydrogen) atoms. The first-order valence-electron chi connectivity index (χ1n) is 7.76. The van der Waals surface area contributed by atoms with Crippen molar-refractivity contribution in [3.05, 3.63) is 24.2 Å². The van der Waals surface area contributed by atoms with Gasteiger partial charge in [-0.2, -0.15) is 0 Å². The largest absolute Gasteiger partial charge is 0.466 e. The SMILES string of the molecule is CC(=O)N1[C@@H](c2ccco2)SC[C@H]1C(=O)O[C@@H](C)C(=O)NC(C)C. The Morgan fingerprint density at radius 2 is 2.08 bits per heavy atom. The van der Waals surface area contributed by atoms with Crippen LogP contribution >= 0.6 is 11.8 Å². The number of amides is 2. The van der Waals surface area contributed by atoms with Gasteiger partial charge in [-0.3, -0.25) is 9.59 Å². The van der Waals surface area contributed by atoms with Gasteiger partial charge in [-0.1, -0.05) is 0 Å². The zero-order valence-electron chi connectivity index (χ0n) is 14.1. The normalized spacial score (nSPS) is 21.6. The smallest absolute Gasteiger partial charge is 0.330 e. The number of thioether (sulfide) groups is 1. The zero-order valence-corrected chi connectivity index (χ0v) is 15.0. The van der Waals surface area contributed by atoms with Crippen LogP contribution in [0.3, 0.4) is 0 Å². The van der Waals surface area contributed by atoms with E-state index in [-0.39, 0.29) is 23.2 Å². The first kappa shape index (κ1) is 18.4. The van der Waals surface area contributed by atoms with E-state index in [2.05, 4.69) is 5.32 Å². The van der Waals surface area contributed by atoms with Crippen molar-refractivity contribution in [2.75, 3.05) is 5.75 Å². The van der Waals surface area contributed by atoms with Gasteiger partial charge in [-0.25, -0.2) is 4.79 Å². The van der Waals surface area contributed by atoms with Crippen molar-refractivity contribution in [1.29, 1.82) is 0 Å². The van der Waals surface area contributed by atoms with Gasteiger partial charge in [0.1, 0.15) is 17.2 Å². The number of ether oxygens (including phenoxy) is 1. The van der Waals surface area contributed by atoms with Crippen LogP contribution in [-0.2, 0) is 19.1 Å². The van der Waals surface area contributed by atoms with Gasteiger partial charge in [0.15, 0.2) is 6.10 Å². The van der Waals surface area contributed by atoms with E-state index < -0.39 is 18.1 Å². The van der Waals surface area contributed by atoms with Crippen LogP contribution in [0, 0.1) is 0 Å². The Morgan fingerprint density at radius 1 is 1.38 bits per heavy atom. The lowest BCUT2D eigenvalue weighted by atomic mass is 10.2. The van der Waals surface area contributed by atoms with Crippen LogP contribution in [-0.4, -0.2) is 46.6 Å². The average molecular weight is 354 g/mol. The lowest BCUT2D eigenvalue weighted by Gasteiger charge is -2.26. The molecule has 1 aromatic heterocycles. The van der Waals surface area contributed by atoms with E-state index in [1.165, 1.54) is 36.8 Å². The second-order valence-corrected chi connectivity index (χ2v) is 7.00. The number of nitrogens with zero attached hydrogens (tertiary/aromatic N) is 1. The third-order valence-corrected chi connectivity index (χ3v) is 4.80. The number of hydrogen-bond donors (Lipinski definition) is 1. The maximum absolute atomic E-state index is 12.4. The van der Waals surface area contributed by atoms with Gasteiger partial charge in [-0.15, -0.1) is 11.8 Å². The van der Waals surface area contributed by atoms with Gasteiger partial charge in [0, 0.05) is 18.7 Å². The van der Waals surface area contributed by atoms with Crippen molar-refractivity contribution >= 4 is 29.5 Å². The lowest BCUT2D eigenvalue weighted by molar-refractivity contribution is -0.161. The number of nitrogens with one attached hydrogen (secondary N) is 1. The van der Waals surface area contributed by atoms with E-state index in [1.54, 1.807) is 12.1 Å². The fraction of sp³-hybridized carbons (Fsp3) is 0.562. The molecule has 1 aliphatic rings. The monoisotopic (exact) mass is 354 g/mol. The minimum atomic E-state index is -0.915. The number of carbonyl (C=O) groups excluding carboxylic acids is 3. The fourth-order valence-electron chi connectivity index (χ4n) is 2.43. The third-order valence-electron chi connectivity index (χ3n) is 3.52. The molecule has 8 heteroatoms. The number of esters is 1. The Balaban J connectivity index is 2.06. The maximum Gasteiger partial charge on any atom is 0.330 e. The van der Waals surface area contributed by atoms with Crippen LogP contribution in [0.2, 0.25) is 0 Å². The first-order chi connectivity index (χ1) is 11.3. The van der Waals surface area contributed by atoms with Crippen molar-refractivity contribution in [1.82, 2.24) is 10.2 Å². The number of carbonyl (C=O) groups is 3. The van der Waals surface area contributed by atoms with Crippen LogP contribution in [0.5, 0.6) is 0 Å². The highest BCUT2D eigenvalue weighted by Gasteiger charge is 2.43. The van der Waals surface area contributed by atoms with E-state index in [4.69, 9.17) is 9.15 Å². The van der Waals surface area contributed by atoms with Gasteiger partial charge in [0.05, 0.1) is 6.26 Å². The quantitative estimate of drug-likeness (QED) is 0.810. The summed E-state index contributed by atoms with van der Waals surface area (Å²) in [5, 5.41) is 2.32. The van der Waals surface area contributed by atoms with Crippen LogP contribution in [0.1, 0.15) is 38.8 Å². The molecule has 2 heterocycles. The molecule has 1 N–H and O–H groups in total. The van der Waals surface area contributed by atoms with Gasteiger partial charge in [0.2, 0.25) is 5.91 Å². The molecule has 0 aromatic carbocycles. The third kappa shape index (κ3) is 4.11. The maximum atomic E-state index is 12.4. The summed E-state index contributed by atoms with van der Waals surface area (Å²) in [5.74, 6) is -0.194. The van der Waals surface area contributed by atoms with Crippen LogP contribution in [0.25, 0.3) is 0 Å². The molecule has 0 saturated carbocycles. The summed E-state index contributed by atoms with van der Waals surface area (Å²) >= 11 is 1.43.